The summed E-state index contributed by atoms with van der Waals surface area (Å²) in [6, 6.07) is 0.998. The van der Waals surface area contributed by atoms with Crippen LogP contribution in [0.2, 0.25) is 0 Å². The molecule has 0 fully saturated rings. The van der Waals surface area contributed by atoms with Gasteiger partial charge < -0.3 is 4.74 Å². The Balaban J connectivity index is 4.73. The SMILES string of the molecule is C=C(C#N)C(=O)OC(F)C(F)(F)C(F)(F)F. The number of halogens is 6. The molecule has 0 aliphatic heterocycles. The van der Waals surface area contributed by atoms with E-state index in [0.717, 1.165) is 6.07 Å². The molecule has 0 aliphatic carbocycles. The summed E-state index contributed by atoms with van der Waals surface area (Å²) in [5.41, 5.74) is -1.10. The van der Waals surface area contributed by atoms with Crippen LogP contribution in [0.25, 0.3) is 0 Å². The zero-order chi connectivity index (χ0) is 13.1. The molecule has 0 heterocycles. The fourth-order valence-electron chi connectivity index (χ4n) is 0.413. The number of ether oxygens (including phenoxy) is 1. The van der Waals surface area contributed by atoms with Crippen LogP contribution in [-0.2, 0) is 9.53 Å². The smallest absolute Gasteiger partial charge is 0.420 e. The molecule has 0 N–H and O–H groups in total. The minimum Gasteiger partial charge on any atom is -0.420 e. The molecule has 0 saturated carbocycles. The largest absolute Gasteiger partial charge is 0.460 e. The Morgan fingerprint density at radius 1 is 1.31 bits per heavy atom. The number of carbonyl (C=O) groups excluding carboxylic acids is 1. The first-order chi connectivity index (χ1) is 7.04. The van der Waals surface area contributed by atoms with Gasteiger partial charge in [-0.2, -0.15) is 31.6 Å². The molecule has 1 atom stereocenters. The van der Waals surface area contributed by atoms with Gasteiger partial charge in [0.1, 0.15) is 11.6 Å². The molecule has 0 amide bonds. The second-order valence-corrected chi connectivity index (χ2v) is 2.43. The van der Waals surface area contributed by atoms with Crippen LogP contribution >= 0.6 is 0 Å². The molecule has 9 heteroatoms. The molecule has 0 aliphatic rings. The molecule has 0 bridgehead atoms. The van der Waals surface area contributed by atoms with Crippen molar-refractivity contribution in [2.24, 2.45) is 0 Å². The van der Waals surface area contributed by atoms with E-state index >= 15 is 0 Å². The first kappa shape index (κ1) is 14.3. The standard InChI is InChI=1S/C7H3F6NO2/c1-3(2-14)4(15)16-5(8)6(9,10)7(11,12)13/h5H,1H2. The second-order valence-electron chi connectivity index (χ2n) is 2.43. The van der Waals surface area contributed by atoms with Crippen molar-refractivity contribution in [3.05, 3.63) is 12.2 Å². The Kier molecular flexibility index (Phi) is 3.95. The molecule has 3 nitrogen and oxygen atoms in total. The Morgan fingerprint density at radius 2 is 1.75 bits per heavy atom. The van der Waals surface area contributed by atoms with Gasteiger partial charge in [-0.15, -0.1) is 0 Å². The van der Waals surface area contributed by atoms with Gasteiger partial charge in [0.15, 0.2) is 0 Å². The molecule has 0 aromatic carbocycles. The van der Waals surface area contributed by atoms with Gasteiger partial charge in [0.05, 0.1) is 0 Å². The van der Waals surface area contributed by atoms with Crippen LogP contribution in [-0.4, -0.2) is 24.4 Å². The fourth-order valence-corrected chi connectivity index (χ4v) is 0.413. The van der Waals surface area contributed by atoms with Gasteiger partial charge in [-0.1, -0.05) is 6.58 Å². The summed E-state index contributed by atoms with van der Waals surface area (Å²) >= 11 is 0. The third kappa shape index (κ3) is 2.88. The first-order valence-corrected chi connectivity index (χ1v) is 3.42. The highest BCUT2D eigenvalue weighted by molar-refractivity contribution is 5.91. The highest BCUT2D eigenvalue weighted by Gasteiger charge is 2.65. The molecule has 16 heavy (non-hydrogen) atoms. The lowest BCUT2D eigenvalue weighted by atomic mass is 10.3. The monoisotopic (exact) mass is 247 g/mol. The van der Waals surface area contributed by atoms with Crippen molar-refractivity contribution in [2.45, 2.75) is 18.5 Å². The maximum atomic E-state index is 12.4. The number of alkyl halides is 6. The van der Waals surface area contributed by atoms with E-state index in [2.05, 4.69) is 11.3 Å². The normalized spacial score (nSPS) is 13.8. The van der Waals surface area contributed by atoms with Crippen LogP contribution in [0.15, 0.2) is 12.2 Å². The number of nitrogens with zero attached hydrogens (tertiary/aromatic N) is 1. The maximum Gasteiger partial charge on any atom is 0.460 e. The minimum atomic E-state index is -6.21. The molecule has 0 rings (SSSR count). The molecule has 0 aromatic rings. The number of esters is 1. The summed E-state index contributed by atoms with van der Waals surface area (Å²) in [7, 11) is 0. The molecule has 90 valence electrons. The van der Waals surface area contributed by atoms with Gasteiger partial charge in [-0.25, -0.2) is 4.79 Å². The summed E-state index contributed by atoms with van der Waals surface area (Å²) in [5.74, 6) is -7.84. The quantitative estimate of drug-likeness (QED) is 0.332. The molecule has 0 aromatic heterocycles. The van der Waals surface area contributed by atoms with Gasteiger partial charge in [-0.05, 0) is 0 Å². The van der Waals surface area contributed by atoms with Crippen molar-refractivity contribution in [3.8, 4) is 6.07 Å². The third-order valence-corrected chi connectivity index (χ3v) is 1.25. The van der Waals surface area contributed by atoms with Gasteiger partial charge in [0, 0.05) is 0 Å². The fraction of sp³-hybridized carbons (Fsp3) is 0.429. The zero-order valence-corrected chi connectivity index (χ0v) is 7.32. The van der Waals surface area contributed by atoms with Crippen molar-refractivity contribution in [2.75, 3.05) is 0 Å². The maximum absolute atomic E-state index is 12.4. The lowest BCUT2D eigenvalue weighted by molar-refractivity contribution is -0.334. The number of carbonyl (C=O) groups is 1. The average Bonchev–Trinajstić information content (AvgIpc) is 2.14. The number of hydrogen-bond donors (Lipinski definition) is 0. The molecule has 0 spiro atoms. The van der Waals surface area contributed by atoms with Crippen LogP contribution in [0, 0.1) is 11.3 Å². The highest BCUT2D eigenvalue weighted by atomic mass is 19.4. The van der Waals surface area contributed by atoms with Crippen LogP contribution in [0.4, 0.5) is 26.3 Å². The van der Waals surface area contributed by atoms with Crippen molar-refractivity contribution < 1.29 is 35.9 Å². The lowest BCUT2D eigenvalue weighted by Gasteiger charge is -2.22. The summed E-state index contributed by atoms with van der Waals surface area (Å²) in [6.45, 7) is 2.64. The van der Waals surface area contributed by atoms with Crippen molar-refractivity contribution in [3.63, 3.8) is 0 Å². The number of hydrogen-bond acceptors (Lipinski definition) is 3. The lowest BCUT2D eigenvalue weighted by Crippen LogP contribution is -2.47. The van der Waals surface area contributed by atoms with E-state index in [0.29, 0.717) is 0 Å². The summed E-state index contributed by atoms with van der Waals surface area (Å²) in [5, 5.41) is 8.00. The highest BCUT2D eigenvalue weighted by Crippen LogP contribution is 2.39. The van der Waals surface area contributed by atoms with E-state index in [1.165, 1.54) is 0 Å². The zero-order valence-electron chi connectivity index (χ0n) is 7.32. The predicted octanol–water partition coefficient (Wildman–Crippen LogP) is 2.10. The molecular weight excluding hydrogens is 244 g/mol. The Hall–Kier alpha value is -1.72. The van der Waals surface area contributed by atoms with Crippen LogP contribution in [0.3, 0.4) is 0 Å². The van der Waals surface area contributed by atoms with E-state index in [-0.39, 0.29) is 0 Å². The average molecular weight is 247 g/mol. The van der Waals surface area contributed by atoms with E-state index in [1.807, 2.05) is 0 Å². The summed E-state index contributed by atoms with van der Waals surface area (Å²) < 4.78 is 74.4. The molecule has 0 saturated heterocycles. The Bertz CT molecular complexity index is 342. The Labute approximate surface area is 84.9 Å². The molecule has 0 radical (unpaired) electrons. The summed E-state index contributed by atoms with van der Waals surface area (Å²) in [4.78, 5) is 10.5. The Morgan fingerprint density at radius 3 is 2.06 bits per heavy atom. The summed E-state index contributed by atoms with van der Waals surface area (Å²) in [6.07, 6.45) is -10.4. The predicted molar refractivity (Wildman–Crippen MR) is 36.7 cm³/mol. The molecule has 1 unspecified atom stereocenters. The topological polar surface area (TPSA) is 50.1 Å². The minimum absolute atomic E-state index is 0.998. The van der Waals surface area contributed by atoms with Crippen LogP contribution in [0.5, 0.6) is 0 Å². The number of rotatable bonds is 3. The van der Waals surface area contributed by atoms with E-state index in [9.17, 15) is 31.1 Å². The van der Waals surface area contributed by atoms with Gasteiger partial charge >= 0.3 is 24.4 Å². The van der Waals surface area contributed by atoms with Crippen molar-refractivity contribution in [1.29, 1.82) is 5.26 Å². The van der Waals surface area contributed by atoms with Gasteiger partial charge in [-0.3, -0.25) is 0 Å². The van der Waals surface area contributed by atoms with E-state index in [4.69, 9.17) is 5.26 Å². The number of nitriles is 1. The van der Waals surface area contributed by atoms with Crippen LogP contribution < -0.4 is 0 Å². The van der Waals surface area contributed by atoms with E-state index in [1.54, 1.807) is 0 Å². The first-order valence-electron chi connectivity index (χ1n) is 3.42. The molecular formula is C7H3F6NO2. The van der Waals surface area contributed by atoms with Crippen LogP contribution in [0.1, 0.15) is 0 Å². The van der Waals surface area contributed by atoms with Crippen molar-refractivity contribution in [1.82, 2.24) is 0 Å². The van der Waals surface area contributed by atoms with Crippen molar-refractivity contribution >= 4 is 5.97 Å². The third-order valence-electron chi connectivity index (χ3n) is 1.25. The second kappa shape index (κ2) is 4.42. The van der Waals surface area contributed by atoms with E-state index < -0.39 is 30.0 Å². The van der Waals surface area contributed by atoms with Gasteiger partial charge in [0.2, 0.25) is 0 Å². The van der Waals surface area contributed by atoms with Gasteiger partial charge in [0.25, 0.3) is 0 Å².